The Kier molecular flexibility index (Phi) is 13.5. The highest BCUT2D eigenvalue weighted by molar-refractivity contribution is 5.03. The zero-order chi connectivity index (χ0) is 25.1. The second-order valence-corrected chi connectivity index (χ2v) is 12.1. The van der Waals surface area contributed by atoms with Crippen LogP contribution in [0.3, 0.4) is 0 Å². The Morgan fingerprint density at radius 2 is 1.73 bits per heavy atom. The van der Waals surface area contributed by atoms with Gasteiger partial charge in [0.25, 0.3) is 0 Å². The van der Waals surface area contributed by atoms with E-state index in [0.717, 1.165) is 51.7 Å². The van der Waals surface area contributed by atoms with Gasteiger partial charge in [-0.3, -0.25) is 0 Å². The fourth-order valence-electron chi connectivity index (χ4n) is 4.80. The van der Waals surface area contributed by atoms with Gasteiger partial charge in [-0.1, -0.05) is 50.5 Å². The van der Waals surface area contributed by atoms with Crippen LogP contribution in [0.4, 0.5) is 0 Å². The normalized spacial score (nSPS) is 25.5. The van der Waals surface area contributed by atoms with E-state index in [9.17, 15) is 5.11 Å². The molecule has 0 aromatic rings. The smallest absolute Gasteiger partial charge is 0.0912 e. The first-order chi connectivity index (χ1) is 15.3. The van der Waals surface area contributed by atoms with Crippen molar-refractivity contribution < 1.29 is 14.6 Å². The number of allylic oxidation sites excluding steroid dienone is 3. The van der Waals surface area contributed by atoms with Crippen LogP contribution >= 0.6 is 0 Å². The molecule has 1 saturated carbocycles. The molecule has 33 heavy (non-hydrogen) atoms. The Labute approximate surface area is 206 Å². The fourth-order valence-corrected chi connectivity index (χ4v) is 4.80. The van der Waals surface area contributed by atoms with Crippen molar-refractivity contribution in [2.24, 2.45) is 17.8 Å². The van der Waals surface area contributed by atoms with E-state index < -0.39 is 11.7 Å². The van der Waals surface area contributed by atoms with Crippen LogP contribution < -0.4 is 0 Å². The zero-order valence-electron chi connectivity index (χ0n) is 23.3. The van der Waals surface area contributed by atoms with Gasteiger partial charge in [0.15, 0.2) is 0 Å². The van der Waals surface area contributed by atoms with Gasteiger partial charge in [-0.25, -0.2) is 0 Å². The van der Waals surface area contributed by atoms with Crippen LogP contribution in [0.5, 0.6) is 0 Å². The van der Waals surface area contributed by atoms with Crippen molar-refractivity contribution >= 4 is 0 Å². The van der Waals surface area contributed by atoms with Gasteiger partial charge >= 0.3 is 0 Å². The number of rotatable bonds is 16. The standard InChI is InChI=1S/C30H56O3/c1-23(2)12-10-13-25(5)16-20-32-29(7,8)18-11-14-26(6)17-21-33-30(9)19-15-27(24(3)4)22-28(30)31/h12,25-28,31H,3,10-11,13-22H2,1-2,4-9H3/t25?,26?,27-,28?,30?/m1/s1. The van der Waals surface area contributed by atoms with Gasteiger partial charge in [-0.15, -0.1) is 0 Å². The summed E-state index contributed by atoms with van der Waals surface area (Å²) in [5.74, 6) is 1.78. The number of ether oxygens (including phenoxy) is 2. The summed E-state index contributed by atoms with van der Waals surface area (Å²) in [5, 5.41) is 10.6. The molecule has 0 aromatic carbocycles. The monoisotopic (exact) mass is 464 g/mol. The molecule has 1 aliphatic carbocycles. The van der Waals surface area contributed by atoms with E-state index in [2.05, 4.69) is 68.0 Å². The molecule has 0 spiro atoms. The van der Waals surface area contributed by atoms with Gasteiger partial charge in [0.1, 0.15) is 0 Å². The third kappa shape index (κ3) is 12.6. The van der Waals surface area contributed by atoms with Crippen molar-refractivity contribution in [2.45, 2.75) is 137 Å². The van der Waals surface area contributed by atoms with Crippen LogP contribution in [0.2, 0.25) is 0 Å². The highest BCUT2D eigenvalue weighted by Gasteiger charge is 2.40. The Morgan fingerprint density at radius 1 is 1.09 bits per heavy atom. The Bertz CT molecular complexity index is 589. The lowest BCUT2D eigenvalue weighted by molar-refractivity contribution is -0.140. The Hall–Kier alpha value is -0.640. The SMILES string of the molecule is C=C(C)[C@@H]1CCC(C)(OCCC(C)CCCC(C)(C)OCCC(C)CCC=C(C)C)C(O)C1. The van der Waals surface area contributed by atoms with E-state index in [1.807, 2.05) is 0 Å². The lowest BCUT2D eigenvalue weighted by Gasteiger charge is -2.42. The molecule has 4 unspecified atom stereocenters. The molecule has 1 rings (SSSR count). The zero-order valence-corrected chi connectivity index (χ0v) is 23.3. The summed E-state index contributed by atoms with van der Waals surface area (Å²) in [4.78, 5) is 0. The van der Waals surface area contributed by atoms with E-state index in [1.54, 1.807) is 0 Å². The molecule has 0 aromatic heterocycles. The molecule has 194 valence electrons. The first-order valence-corrected chi connectivity index (χ1v) is 13.6. The van der Waals surface area contributed by atoms with Crippen LogP contribution in [0.15, 0.2) is 23.8 Å². The van der Waals surface area contributed by atoms with Crippen molar-refractivity contribution in [1.82, 2.24) is 0 Å². The van der Waals surface area contributed by atoms with Gasteiger partial charge in [-0.05, 0) is 111 Å². The predicted octanol–water partition coefficient (Wildman–Crippen LogP) is 8.26. The summed E-state index contributed by atoms with van der Waals surface area (Å²) in [7, 11) is 0. The number of aliphatic hydroxyl groups is 1. The number of hydrogen-bond acceptors (Lipinski definition) is 3. The second kappa shape index (κ2) is 14.7. The summed E-state index contributed by atoms with van der Waals surface area (Å²) in [6.07, 6.45) is 12.8. The maximum Gasteiger partial charge on any atom is 0.0912 e. The van der Waals surface area contributed by atoms with Crippen LogP contribution in [-0.2, 0) is 9.47 Å². The molecule has 5 atom stereocenters. The van der Waals surface area contributed by atoms with Gasteiger partial charge in [0.2, 0.25) is 0 Å². The molecule has 1 aliphatic rings. The summed E-state index contributed by atoms with van der Waals surface area (Å²) < 4.78 is 12.5. The lowest BCUT2D eigenvalue weighted by atomic mass is 9.75. The first kappa shape index (κ1) is 30.4. The average molecular weight is 465 g/mol. The molecule has 0 aliphatic heterocycles. The molecule has 1 fully saturated rings. The molecule has 0 amide bonds. The van der Waals surface area contributed by atoms with Crippen LogP contribution in [-0.4, -0.2) is 35.6 Å². The van der Waals surface area contributed by atoms with Crippen LogP contribution in [0.25, 0.3) is 0 Å². The minimum Gasteiger partial charge on any atom is -0.390 e. The highest BCUT2D eigenvalue weighted by Crippen LogP contribution is 2.38. The van der Waals surface area contributed by atoms with Gasteiger partial charge in [0.05, 0.1) is 17.3 Å². The Morgan fingerprint density at radius 3 is 2.33 bits per heavy atom. The Balaban J connectivity index is 2.19. The topological polar surface area (TPSA) is 38.7 Å². The number of hydrogen-bond donors (Lipinski definition) is 1. The van der Waals surface area contributed by atoms with Crippen molar-refractivity contribution in [3.63, 3.8) is 0 Å². The minimum absolute atomic E-state index is 0.0463. The predicted molar refractivity (Wildman–Crippen MR) is 143 cm³/mol. The van der Waals surface area contributed by atoms with E-state index >= 15 is 0 Å². The molecule has 0 radical (unpaired) electrons. The van der Waals surface area contributed by atoms with Crippen molar-refractivity contribution in [3.05, 3.63) is 23.8 Å². The van der Waals surface area contributed by atoms with Crippen LogP contribution in [0, 0.1) is 17.8 Å². The third-order valence-corrected chi connectivity index (χ3v) is 7.73. The second-order valence-electron chi connectivity index (χ2n) is 12.1. The van der Waals surface area contributed by atoms with E-state index in [4.69, 9.17) is 9.47 Å². The van der Waals surface area contributed by atoms with Gasteiger partial charge in [-0.2, -0.15) is 0 Å². The molecule has 0 bridgehead atoms. The largest absolute Gasteiger partial charge is 0.390 e. The summed E-state index contributed by atoms with van der Waals surface area (Å²) >= 11 is 0. The quantitative estimate of drug-likeness (QED) is 0.234. The van der Waals surface area contributed by atoms with Gasteiger partial charge in [0, 0.05) is 13.2 Å². The van der Waals surface area contributed by atoms with Crippen molar-refractivity contribution in [1.29, 1.82) is 0 Å². The average Bonchev–Trinajstić information content (AvgIpc) is 2.69. The van der Waals surface area contributed by atoms with E-state index in [-0.39, 0.29) is 5.60 Å². The summed E-state index contributed by atoms with van der Waals surface area (Å²) in [6, 6.07) is 0. The maximum atomic E-state index is 10.6. The summed E-state index contributed by atoms with van der Waals surface area (Å²) in [6.45, 7) is 23.3. The van der Waals surface area contributed by atoms with Gasteiger partial charge < -0.3 is 14.6 Å². The molecular formula is C30H56O3. The maximum absolute atomic E-state index is 10.6. The molecule has 0 heterocycles. The third-order valence-electron chi connectivity index (χ3n) is 7.73. The van der Waals surface area contributed by atoms with E-state index in [1.165, 1.54) is 36.8 Å². The van der Waals surface area contributed by atoms with Crippen molar-refractivity contribution in [2.75, 3.05) is 13.2 Å². The molecular weight excluding hydrogens is 408 g/mol. The molecule has 0 saturated heterocycles. The molecule has 3 heteroatoms. The fraction of sp³-hybridized carbons (Fsp3) is 0.867. The lowest BCUT2D eigenvalue weighted by Crippen LogP contribution is -2.47. The molecule has 1 N–H and O–H groups in total. The summed E-state index contributed by atoms with van der Waals surface area (Å²) in [5.41, 5.74) is 2.16. The highest BCUT2D eigenvalue weighted by atomic mass is 16.5. The van der Waals surface area contributed by atoms with E-state index in [0.29, 0.717) is 17.8 Å². The molecule has 3 nitrogen and oxygen atoms in total. The first-order valence-electron chi connectivity index (χ1n) is 13.6. The van der Waals surface area contributed by atoms with Crippen molar-refractivity contribution in [3.8, 4) is 0 Å². The minimum atomic E-state index is -0.399. The number of aliphatic hydroxyl groups excluding tert-OH is 1. The van der Waals surface area contributed by atoms with Crippen LogP contribution in [0.1, 0.15) is 120 Å².